The molecule has 4 rings (SSSR count). The fourth-order valence-corrected chi connectivity index (χ4v) is 4.20. The van der Waals surface area contributed by atoms with Gasteiger partial charge in [-0.15, -0.1) is 11.3 Å². The Balaban J connectivity index is 1.77. The van der Waals surface area contributed by atoms with E-state index in [-0.39, 0.29) is 23.1 Å². The molecule has 0 fully saturated rings. The average molecular weight is 360 g/mol. The van der Waals surface area contributed by atoms with Gasteiger partial charge in [0, 0.05) is 4.88 Å². The van der Waals surface area contributed by atoms with E-state index in [9.17, 15) is 4.79 Å². The van der Waals surface area contributed by atoms with Gasteiger partial charge in [0.05, 0.1) is 12.2 Å². The summed E-state index contributed by atoms with van der Waals surface area (Å²) >= 11 is 1.53. The van der Waals surface area contributed by atoms with Crippen LogP contribution in [-0.2, 0) is 17.6 Å². The van der Waals surface area contributed by atoms with Gasteiger partial charge in [-0.25, -0.2) is 19.4 Å². The van der Waals surface area contributed by atoms with E-state index in [1.54, 1.807) is 6.92 Å². The molecule has 0 aromatic carbocycles. The van der Waals surface area contributed by atoms with Crippen LogP contribution >= 0.6 is 11.3 Å². The van der Waals surface area contributed by atoms with Gasteiger partial charge >= 0.3 is 5.97 Å². The normalized spacial score (nSPS) is 13.6. The Morgan fingerprint density at radius 3 is 2.84 bits per heavy atom. The Labute approximate surface area is 146 Å². The Hall–Kier alpha value is -2.75. The highest BCUT2D eigenvalue weighted by molar-refractivity contribution is 7.16. The van der Waals surface area contributed by atoms with Gasteiger partial charge in [-0.05, 0) is 48.5 Å². The van der Waals surface area contributed by atoms with E-state index < -0.39 is 0 Å². The summed E-state index contributed by atoms with van der Waals surface area (Å²) in [5, 5.41) is 11.1. The van der Waals surface area contributed by atoms with E-state index in [1.807, 2.05) is 0 Å². The van der Waals surface area contributed by atoms with Gasteiger partial charge in [-0.3, -0.25) is 0 Å². The second-order valence-electron chi connectivity index (χ2n) is 5.63. The van der Waals surface area contributed by atoms with E-state index in [0.29, 0.717) is 23.0 Å². The lowest BCUT2D eigenvalue weighted by atomic mass is 9.95. The van der Waals surface area contributed by atoms with Gasteiger partial charge in [-0.1, -0.05) is 0 Å². The molecule has 0 amide bonds. The smallest absolute Gasteiger partial charge is 0.341 e. The number of carbonyl (C=O) groups excluding carboxylic acids is 1. The van der Waals surface area contributed by atoms with Crippen LogP contribution in [-0.4, -0.2) is 32.9 Å². The van der Waals surface area contributed by atoms with Crippen LogP contribution in [0.25, 0.3) is 11.3 Å². The number of rotatable bonds is 4. The molecule has 0 radical (unpaired) electrons. The molecule has 0 aliphatic heterocycles. The molecular weight excluding hydrogens is 344 g/mol. The minimum atomic E-state index is -0.333. The predicted octanol–water partition coefficient (Wildman–Crippen LogP) is 2.46. The molecule has 1 aliphatic carbocycles. The van der Waals surface area contributed by atoms with Crippen molar-refractivity contribution in [2.45, 2.75) is 32.6 Å². The topological polar surface area (TPSA) is 129 Å². The minimum absolute atomic E-state index is 0.157. The maximum atomic E-state index is 12.5. The molecule has 25 heavy (non-hydrogen) atoms. The number of nitrogens with one attached hydrogen (secondary N) is 1. The zero-order valence-corrected chi connectivity index (χ0v) is 14.4. The van der Waals surface area contributed by atoms with Gasteiger partial charge in [-0.2, -0.15) is 0 Å². The molecule has 3 aromatic rings. The number of aryl methyl sites for hydroxylation is 1. The van der Waals surface area contributed by atoms with Gasteiger partial charge in [0.2, 0.25) is 11.3 Å². The second kappa shape index (κ2) is 6.28. The molecular formula is C15H16N6O3S. The number of thiophene rings is 1. The fraction of sp³-hybridized carbons (Fsp3) is 0.400. The van der Waals surface area contributed by atoms with Crippen molar-refractivity contribution in [3.8, 4) is 0 Å². The molecule has 9 nitrogen and oxygen atoms in total. The molecule has 10 heteroatoms. The van der Waals surface area contributed by atoms with E-state index in [4.69, 9.17) is 10.5 Å². The summed E-state index contributed by atoms with van der Waals surface area (Å²) in [6.45, 7) is 2.11. The SMILES string of the molecule is CCOC(=O)c1c(Nc2nc3nonc3nc2N)sc2c1CCCC2. The summed E-state index contributed by atoms with van der Waals surface area (Å²) in [5.41, 5.74) is 8.06. The van der Waals surface area contributed by atoms with E-state index in [1.165, 1.54) is 16.2 Å². The first-order valence-electron chi connectivity index (χ1n) is 8.01. The Kier molecular flexibility index (Phi) is 3.96. The first-order valence-corrected chi connectivity index (χ1v) is 8.83. The lowest BCUT2D eigenvalue weighted by Crippen LogP contribution is -2.11. The summed E-state index contributed by atoms with van der Waals surface area (Å²) in [7, 11) is 0. The van der Waals surface area contributed by atoms with Crippen molar-refractivity contribution in [3.05, 3.63) is 16.0 Å². The first kappa shape index (κ1) is 15.8. The summed E-state index contributed by atoms with van der Waals surface area (Å²) in [6.07, 6.45) is 4.01. The van der Waals surface area contributed by atoms with Crippen molar-refractivity contribution in [3.63, 3.8) is 0 Å². The molecule has 0 atom stereocenters. The Morgan fingerprint density at radius 1 is 1.28 bits per heavy atom. The molecule has 3 heterocycles. The van der Waals surface area contributed by atoms with Crippen molar-refractivity contribution in [1.82, 2.24) is 20.3 Å². The standard InChI is InChI=1S/C15H16N6O3S/c1-2-23-15(22)9-7-5-3-4-6-8(7)25-14(9)19-11-10(16)17-12-13(18-11)21-24-20-12/h2-6H2,1H3,(H2,16,17,20)(H,18,19,21). The van der Waals surface area contributed by atoms with Crippen molar-refractivity contribution in [2.24, 2.45) is 0 Å². The first-order chi connectivity index (χ1) is 12.2. The highest BCUT2D eigenvalue weighted by Crippen LogP contribution is 2.40. The van der Waals surface area contributed by atoms with Crippen LogP contribution in [0, 0.1) is 0 Å². The third-order valence-electron chi connectivity index (χ3n) is 4.02. The molecule has 3 N–H and O–H groups in total. The van der Waals surface area contributed by atoms with Crippen molar-refractivity contribution < 1.29 is 14.2 Å². The third kappa shape index (κ3) is 2.78. The quantitative estimate of drug-likeness (QED) is 0.674. The van der Waals surface area contributed by atoms with Gasteiger partial charge in [0.15, 0.2) is 11.6 Å². The van der Waals surface area contributed by atoms with Crippen LogP contribution in [0.4, 0.5) is 16.6 Å². The molecule has 1 aliphatic rings. The summed E-state index contributed by atoms with van der Waals surface area (Å²) in [5.74, 6) is 0.136. The van der Waals surface area contributed by atoms with Crippen molar-refractivity contribution in [1.29, 1.82) is 0 Å². The predicted molar refractivity (Wildman–Crippen MR) is 92.0 cm³/mol. The average Bonchev–Trinajstić information content (AvgIpc) is 3.18. The number of nitrogens with two attached hydrogens (primary N) is 1. The molecule has 0 bridgehead atoms. The molecule has 0 saturated carbocycles. The number of esters is 1. The van der Waals surface area contributed by atoms with E-state index in [2.05, 4.69) is 30.2 Å². The Morgan fingerprint density at radius 2 is 2.04 bits per heavy atom. The molecule has 0 spiro atoms. The van der Waals surface area contributed by atoms with Gasteiger partial charge < -0.3 is 15.8 Å². The van der Waals surface area contributed by atoms with Crippen LogP contribution in [0.3, 0.4) is 0 Å². The summed E-state index contributed by atoms with van der Waals surface area (Å²) < 4.78 is 9.85. The van der Waals surface area contributed by atoms with Crippen molar-refractivity contribution in [2.75, 3.05) is 17.7 Å². The minimum Gasteiger partial charge on any atom is -0.462 e. The number of fused-ring (bicyclic) bond motifs is 2. The van der Waals surface area contributed by atoms with Crippen LogP contribution in [0.15, 0.2) is 4.63 Å². The molecule has 0 unspecified atom stereocenters. The third-order valence-corrected chi connectivity index (χ3v) is 5.23. The van der Waals surface area contributed by atoms with Gasteiger partial charge in [0.1, 0.15) is 5.00 Å². The number of ether oxygens (including phenoxy) is 1. The summed E-state index contributed by atoms with van der Waals surface area (Å²) in [4.78, 5) is 22.1. The highest BCUT2D eigenvalue weighted by atomic mass is 32.1. The van der Waals surface area contributed by atoms with Crippen molar-refractivity contribution >= 4 is 45.2 Å². The lowest BCUT2D eigenvalue weighted by molar-refractivity contribution is 0.0526. The molecule has 130 valence electrons. The lowest BCUT2D eigenvalue weighted by Gasteiger charge is -2.12. The zero-order valence-electron chi connectivity index (χ0n) is 13.5. The van der Waals surface area contributed by atoms with Crippen LogP contribution in [0.5, 0.6) is 0 Å². The number of carbonyl (C=O) groups is 1. The zero-order chi connectivity index (χ0) is 17.4. The summed E-state index contributed by atoms with van der Waals surface area (Å²) in [6, 6.07) is 0. The number of hydrogen-bond donors (Lipinski definition) is 2. The fourth-order valence-electron chi connectivity index (χ4n) is 2.92. The molecule has 0 saturated heterocycles. The Bertz CT molecular complexity index is 950. The van der Waals surface area contributed by atoms with Crippen LogP contribution in [0.1, 0.15) is 40.6 Å². The number of nitrogens with zero attached hydrogens (tertiary/aromatic N) is 4. The molecule has 3 aromatic heterocycles. The van der Waals surface area contributed by atoms with E-state index >= 15 is 0 Å². The number of aromatic nitrogens is 4. The number of nitrogen functional groups attached to an aromatic ring is 1. The van der Waals surface area contributed by atoms with Crippen LogP contribution in [0.2, 0.25) is 0 Å². The van der Waals surface area contributed by atoms with Gasteiger partial charge in [0.25, 0.3) is 0 Å². The van der Waals surface area contributed by atoms with Crippen LogP contribution < -0.4 is 11.1 Å². The van der Waals surface area contributed by atoms with E-state index in [0.717, 1.165) is 31.2 Å². The number of hydrogen-bond acceptors (Lipinski definition) is 10. The maximum absolute atomic E-state index is 12.5. The maximum Gasteiger partial charge on any atom is 0.341 e. The second-order valence-corrected chi connectivity index (χ2v) is 6.73. The largest absolute Gasteiger partial charge is 0.462 e. The highest BCUT2D eigenvalue weighted by Gasteiger charge is 2.27. The number of anilines is 3. The monoisotopic (exact) mass is 360 g/mol.